The Balaban J connectivity index is 2.56. The van der Waals surface area contributed by atoms with E-state index in [4.69, 9.17) is 11.8 Å². The van der Waals surface area contributed by atoms with Gasteiger partial charge in [-0.2, -0.15) is 4.00 Å². The summed E-state index contributed by atoms with van der Waals surface area (Å²) in [4.78, 5) is 11.0. The molecule has 0 aromatic carbocycles. The predicted molar refractivity (Wildman–Crippen MR) is 40.4 cm³/mol. The van der Waals surface area contributed by atoms with E-state index in [9.17, 15) is 4.79 Å². The van der Waals surface area contributed by atoms with E-state index in [2.05, 4.69) is 0 Å². The molecular formula is C7H13ClNO+. The number of piperidine rings is 1. The molecule has 1 heterocycles. The first-order valence-electron chi connectivity index (χ1n) is 3.73. The van der Waals surface area contributed by atoms with Crippen LogP contribution in [0.4, 0.5) is 0 Å². The Morgan fingerprint density at radius 2 is 1.80 bits per heavy atom. The number of halogens is 1. The van der Waals surface area contributed by atoms with Crippen molar-refractivity contribution in [3.63, 3.8) is 0 Å². The summed E-state index contributed by atoms with van der Waals surface area (Å²) >= 11 is 6.00. The lowest BCUT2D eigenvalue weighted by Gasteiger charge is -2.28. The van der Waals surface area contributed by atoms with Crippen LogP contribution in [-0.4, -0.2) is 23.0 Å². The van der Waals surface area contributed by atoms with Crippen molar-refractivity contribution in [1.29, 1.82) is 0 Å². The fourth-order valence-electron chi connectivity index (χ4n) is 1.33. The standard InChI is InChI=1S/C7H13ClNO/c1-7(10)9(8)5-3-2-4-6-9/h2-6H2,1H3/q+1. The molecule has 10 heavy (non-hydrogen) atoms. The van der Waals surface area contributed by atoms with Crippen LogP contribution in [0.3, 0.4) is 0 Å². The van der Waals surface area contributed by atoms with Crippen molar-refractivity contribution in [3.8, 4) is 0 Å². The molecule has 0 saturated carbocycles. The van der Waals surface area contributed by atoms with Crippen molar-refractivity contribution >= 4 is 17.7 Å². The van der Waals surface area contributed by atoms with E-state index in [1.54, 1.807) is 6.92 Å². The molecule has 2 nitrogen and oxygen atoms in total. The number of carbonyl (C=O) groups is 1. The normalized spacial score (nSPS) is 24.2. The van der Waals surface area contributed by atoms with Crippen LogP contribution in [0.15, 0.2) is 0 Å². The van der Waals surface area contributed by atoms with Gasteiger partial charge in [0.05, 0.1) is 6.92 Å². The largest absolute Gasteiger partial charge is 0.328 e. The van der Waals surface area contributed by atoms with E-state index in [1.807, 2.05) is 0 Å². The van der Waals surface area contributed by atoms with Gasteiger partial charge in [0, 0.05) is 0 Å². The second-order valence-electron chi connectivity index (χ2n) is 2.89. The third-order valence-electron chi connectivity index (χ3n) is 2.09. The fourth-order valence-corrected chi connectivity index (χ4v) is 1.57. The number of nitrogens with zero attached hydrogens (tertiary/aromatic N) is 1. The van der Waals surface area contributed by atoms with Gasteiger partial charge in [0.15, 0.2) is 11.8 Å². The number of carbonyl (C=O) groups excluding carboxylic acids is 1. The molecule has 0 N–H and O–H groups in total. The Hall–Kier alpha value is -0.0800. The summed E-state index contributed by atoms with van der Waals surface area (Å²) in [7, 11) is 0. The number of amides is 1. The van der Waals surface area contributed by atoms with Crippen molar-refractivity contribution in [2.45, 2.75) is 26.2 Å². The smallest absolute Gasteiger partial charge is 0.230 e. The molecule has 1 amide bonds. The van der Waals surface area contributed by atoms with Gasteiger partial charge in [0.1, 0.15) is 13.1 Å². The predicted octanol–water partition coefficient (Wildman–Crippen LogP) is 1.69. The first kappa shape index (κ1) is 8.02. The molecular weight excluding hydrogens is 150 g/mol. The quantitative estimate of drug-likeness (QED) is 0.496. The molecule has 1 fully saturated rings. The van der Waals surface area contributed by atoms with Crippen LogP contribution < -0.4 is 0 Å². The van der Waals surface area contributed by atoms with Gasteiger partial charge in [-0.15, -0.1) is 0 Å². The summed E-state index contributed by atoms with van der Waals surface area (Å²) in [6.45, 7) is 3.20. The van der Waals surface area contributed by atoms with Crippen LogP contribution >= 0.6 is 11.8 Å². The average Bonchev–Trinajstić information content (AvgIpc) is 1.89. The monoisotopic (exact) mass is 162 g/mol. The number of likely N-dealkylation sites (tertiary alicyclic amines) is 1. The van der Waals surface area contributed by atoms with Gasteiger partial charge < -0.3 is 0 Å². The van der Waals surface area contributed by atoms with Gasteiger partial charge in [0.2, 0.25) is 0 Å². The van der Waals surface area contributed by atoms with Crippen molar-refractivity contribution in [2.24, 2.45) is 0 Å². The highest BCUT2D eigenvalue weighted by Gasteiger charge is 2.33. The lowest BCUT2D eigenvalue weighted by Crippen LogP contribution is -2.46. The number of hydrogen-bond acceptors (Lipinski definition) is 1. The van der Waals surface area contributed by atoms with Crippen molar-refractivity contribution in [2.75, 3.05) is 13.1 Å². The second kappa shape index (κ2) is 2.89. The van der Waals surface area contributed by atoms with E-state index in [0.29, 0.717) is 0 Å². The Labute approximate surface area is 66.5 Å². The second-order valence-corrected chi connectivity index (χ2v) is 3.54. The van der Waals surface area contributed by atoms with E-state index < -0.39 is 0 Å². The van der Waals surface area contributed by atoms with E-state index in [-0.39, 0.29) is 9.91 Å². The molecule has 0 aromatic heterocycles. The van der Waals surface area contributed by atoms with Gasteiger partial charge in [0.25, 0.3) is 0 Å². The Morgan fingerprint density at radius 1 is 1.30 bits per heavy atom. The number of hydrogen-bond donors (Lipinski definition) is 0. The maximum Gasteiger partial charge on any atom is 0.328 e. The minimum absolute atomic E-state index is 0.0846. The lowest BCUT2D eigenvalue weighted by molar-refractivity contribution is -0.742. The maximum atomic E-state index is 11.0. The molecule has 1 saturated heterocycles. The van der Waals surface area contributed by atoms with Crippen LogP contribution in [0.1, 0.15) is 26.2 Å². The van der Waals surface area contributed by atoms with Gasteiger partial charge in [-0.25, -0.2) is 4.79 Å². The topological polar surface area (TPSA) is 17.1 Å². The lowest BCUT2D eigenvalue weighted by atomic mass is 10.1. The van der Waals surface area contributed by atoms with E-state index in [1.165, 1.54) is 6.42 Å². The van der Waals surface area contributed by atoms with E-state index >= 15 is 0 Å². The highest BCUT2D eigenvalue weighted by atomic mass is 35.5. The number of rotatable bonds is 0. The van der Waals surface area contributed by atoms with Crippen LogP contribution in [0.25, 0.3) is 0 Å². The van der Waals surface area contributed by atoms with Crippen molar-refractivity contribution < 1.29 is 8.80 Å². The molecule has 0 unspecified atom stereocenters. The molecule has 1 rings (SSSR count). The van der Waals surface area contributed by atoms with Gasteiger partial charge in [-0.3, -0.25) is 0 Å². The summed E-state index contributed by atoms with van der Waals surface area (Å²) in [6.07, 6.45) is 3.40. The first-order chi connectivity index (χ1) is 4.65. The van der Waals surface area contributed by atoms with Crippen molar-refractivity contribution in [3.05, 3.63) is 0 Å². The van der Waals surface area contributed by atoms with Gasteiger partial charge >= 0.3 is 5.91 Å². The molecule has 0 aromatic rings. The molecule has 3 heteroatoms. The molecule has 0 spiro atoms. The van der Waals surface area contributed by atoms with E-state index in [0.717, 1.165) is 25.9 Å². The Morgan fingerprint density at radius 3 is 2.10 bits per heavy atom. The van der Waals surface area contributed by atoms with Crippen LogP contribution in [0.5, 0.6) is 0 Å². The zero-order valence-electron chi connectivity index (χ0n) is 6.27. The highest BCUT2D eigenvalue weighted by molar-refractivity contribution is 6.11. The maximum absolute atomic E-state index is 11.0. The minimum Gasteiger partial charge on any atom is -0.230 e. The minimum atomic E-state index is 0.0846. The molecule has 0 aliphatic carbocycles. The molecule has 0 radical (unpaired) electrons. The Bertz CT molecular complexity index is 141. The summed E-state index contributed by atoms with van der Waals surface area (Å²) in [5, 5.41) is 0. The summed E-state index contributed by atoms with van der Waals surface area (Å²) in [5.41, 5.74) is 0. The van der Waals surface area contributed by atoms with Crippen LogP contribution in [-0.2, 0) is 4.79 Å². The zero-order valence-corrected chi connectivity index (χ0v) is 7.02. The zero-order chi connectivity index (χ0) is 7.61. The average molecular weight is 163 g/mol. The summed E-state index contributed by atoms with van der Waals surface area (Å²) in [5.74, 6) is 0.0846. The van der Waals surface area contributed by atoms with Crippen LogP contribution in [0, 0.1) is 0 Å². The third-order valence-corrected chi connectivity index (χ3v) is 2.67. The first-order valence-corrected chi connectivity index (χ1v) is 4.07. The van der Waals surface area contributed by atoms with Crippen LogP contribution in [0.2, 0.25) is 0 Å². The number of quaternary nitrogens is 1. The van der Waals surface area contributed by atoms with Gasteiger partial charge in [-0.05, 0) is 19.3 Å². The third kappa shape index (κ3) is 1.50. The summed E-state index contributed by atoms with van der Waals surface area (Å²) < 4.78 is 0.139. The Kier molecular flexibility index (Phi) is 2.32. The van der Waals surface area contributed by atoms with Crippen molar-refractivity contribution in [1.82, 2.24) is 0 Å². The van der Waals surface area contributed by atoms with Gasteiger partial charge in [-0.1, -0.05) is 0 Å². The fraction of sp³-hybridized carbons (Fsp3) is 0.857. The molecule has 1 aliphatic rings. The molecule has 0 atom stereocenters. The molecule has 58 valence electrons. The highest BCUT2D eigenvalue weighted by Crippen LogP contribution is 2.21. The summed E-state index contributed by atoms with van der Waals surface area (Å²) in [6, 6.07) is 0. The SMILES string of the molecule is CC(=O)[N+]1(Cl)CCCCC1. The molecule has 1 aliphatic heterocycles. The molecule has 0 bridgehead atoms.